The molecule has 52 valence electrons. The summed E-state index contributed by atoms with van der Waals surface area (Å²) in [6.45, 7) is 0. The fourth-order valence-electron chi connectivity index (χ4n) is 0.904. The van der Waals surface area contributed by atoms with Crippen molar-refractivity contribution in [2.45, 2.75) is 31.8 Å². The van der Waals surface area contributed by atoms with E-state index < -0.39 is 0 Å². The van der Waals surface area contributed by atoms with Crippen LogP contribution in [0, 0.1) is 0 Å². The summed E-state index contributed by atoms with van der Waals surface area (Å²) < 4.78 is 0. The van der Waals surface area contributed by atoms with Gasteiger partial charge in [-0.15, -0.1) is 24.8 Å². The van der Waals surface area contributed by atoms with Crippen molar-refractivity contribution in [3.8, 4) is 0 Å². The van der Waals surface area contributed by atoms with Crippen LogP contribution >= 0.6 is 24.8 Å². The van der Waals surface area contributed by atoms with Crippen molar-refractivity contribution < 1.29 is 5.11 Å². The molecule has 0 amide bonds. The highest BCUT2D eigenvalue weighted by molar-refractivity contribution is 5.85. The van der Waals surface area contributed by atoms with Gasteiger partial charge in [-0.1, -0.05) is 12.8 Å². The zero-order chi connectivity index (χ0) is 4.41. The largest absolute Gasteiger partial charge is 0.393 e. The first-order chi connectivity index (χ1) is 2.89. The highest BCUT2D eigenvalue weighted by Gasteiger charge is 2.09. The van der Waals surface area contributed by atoms with Crippen LogP contribution in [0.25, 0.3) is 0 Å². The first-order valence-electron chi connectivity index (χ1n) is 2.57. The lowest BCUT2D eigenvalue weighted by Gasteiger charge is -1.91. The molecule has 0 aliphatic heterocycles. The molecule has 1 nitrogen and oxygen atoms in total. The van der Waals surface area contributed by atoms with Crippen LogP contribution in [0.3, 0.4) is 0 Å². The van der Waals surface area contributed by atoms with Crippen molar-refractivity contribution in [2.24, 2.45) is 0 Å². The van der Waals surface area contributed by atoms with Crippen molar-refractivity contribution in [1.29, 1.82) is 0 Å². The maximum absolute atomic E-state index is 8.73. The number of aliphatic hydroxyl groups is 1. The van der Waals surface area contributed by atoms with Gasteiger partial charge in [0.15, 0.2) is 0 Å². The minimum atomic E-state index is 0. The number of halogens is 2. The molecular formula is C5H12Cl2O. The zero-order valence-electron chi connectivity index (χ0n) is 4.67. The summed E-state index contributed by atoms with van der Waals surface area (Å²) in [4.78, 5) is 0. The van der Waals surface area contributed by atoms with E-state index in [9.17, 15) is 0 Å². The minimum Gasteiger partial charge on any atom is -0.393 e. The molecular weight excluding hydrogens is 147 g/mol. The lowest BCUT2D eigenvalue weighted by atomic mass is 10.3. The summed E-state index contributed by atoms with van der Waals surface area (Å²) in [6, 6.07) is 0. The van der Waals surface area contributed by atoms with E-state index in [-0.39, 0.29) is 30.9 Å². The first kappa shape index (κ1) is 11.4. The van der Waals surface area contributed by atoms with Gasteiger partial charge in [0.05, 0.1) is 6.10 Å². The van der Waals surface area contributed by atoms with Crippen LogP contribution in [0.1, 0.15) is 25.7 Å². The maximum Gasteiger partial charge on any atom is 0.0540 e. The molecule has 0 aromatic carbocycles. The maximum atomic E-state index is 8.73. The average molecular weight is 159 g/mol. The van der Waals surface area contributed by atoms with Gasteiger partial charge in [-0.25, -0.2) is 0 Å². The number of hydrogen-bond acceptors (Lipinski definition) is 1. The first-order valence-corrected chi connectivity index (χ1v) is 2.57. The lowest BCUT2D eigenvalue weighted by Crippen LogP contribution is -1.94. The molecule has 0 spiro atoms. The Kier molecular flexibility index (Phi) is 8.05. The highest BCUT2D eigenvalue weighted by atomic mass is 35.5. The molecule has 0 saturated heterocycles. The smallest absolute Gasteiger partial charge is 0.0540 e. The van der Waals surface area contributed by atoms with Crippen LogP contribution in [0.4, 0.5) is 0 Å². The minimum absolute atomic E-state index is 0. The van der Waals surface area contributed by atoms with Gasteiger partial charge >= 0.3 is 0 Å². The summed E-state index contributed by atoms with van der Waals surface area (Å²) in [7, 11) is 0. The van der Waals surface area contributed by atoms with Gasteiger partial charge in [0.25, 0.3) is 0 Å². The van der Waals surface area contributed by atoms with E-state index in [1.165, 1.54) is 12.8 Å². The Morgan fingerprint density at radius 1 is 1.00 bits per heavy atom. The molecule has 1 rings (SSSR count). The third kappa shape index (κ3) is 3.53. The molecule has 8 heavy (non-hydrogen) atoms. The highest BCUT2D eigenvalue weighted by Crippen LogP contribution is 2.16. The molecule has 0 atom stereocenters. The molecule has 1 aliphatic rings. The predicted octanol–water partition coefficient (Wildman–Crippen LogP) is 1.76. The van der Waals surface area contributed by atoms with Crippen LogP contribution < -0.4 is 0 Å². The summed E-state index contributed by atoms with van der Waals surface area (Å²) in [5.74, 6) is 0. The number of aliphatic hydroxyl groups excluding tert-OH is 1. The molecule has 0 radical (unpaired) electrons. The molecule has 1 saturated carbocycles. The molecule has 0 aromatic heterocycles. The molecule has 0 aromatic rings. The summed E-state index contributed by atoms with van der Waals surface area (Å²) in [6.07, 6.45) is 4.60. The molecule has 3 heteroatoms. The van der Waals surface area contributed by atoms with E-state index in [4.69, 9.17) is 5.11 Å². The topological polar surface area (TPSA) is 20.2 Å². The van der Waals surface area contributed by atoms with Crippen LogP contribution in [0.15, 0.2) is 0 Å². The van der Waals surface area contributed by atoms with E-state index in [0.29, 0.717) is 0 Å². The second-order valence-electron chi connectivity index (χ2n) is 1.94. The number of rotatable bonds is 0. The molecule has 0 unspecified atom stereocenters. The Hall–Kier alpha value is 0.540. The molecule has 1 N–H and O–H groups in total. The van der Waals surface area contributed by atoms with Crippen molar-refractivity contribution in [3.05, 3.63) is 0 Å². The van der Waals surface area contributed by atoms with Gasteiger partial charge < -0.3 is 5.11 Å². The summed E-state index contributed by atoms with van der Waals surface area (Å²) in [5, 5.41) is 8.73. The Balaban J connectivity index is 0. The Bertz CT molecular complexity index is 43.7. The standard InChI is InChI=1S/C5H10O.2ClH/c6-5-3-1-2-4-5;;/h5-6H,1-4H2;2*1H. The van der Waals surface area contributed by atoms with E-state index in [1.54, 1.807) is 0 Å². The van der Waals surface area contributed by atoms with Crippen molar-refractivity contribution >= 4 is 24.8 Å². The molecule has 0 heterocycles. The molecule has 1 fully saturated rings. The normalized spacial score (nSPS) is 19.1. The fourth-order valence-corrected chi connectivity index (χ4v) is 0.904. The van der Waals surface area contributed by atoms with E-state index in [0.717, 1.165) is 12.8 Å². The number of hydrogen-bond donors (Lipinski definition) is 1. The van der Waals surface area contributed by atoms with Crippen molar-refractivity contribution in [2.75, 3.05) is 0 Å². The average Bonchev–Trinajstić information content (AvgIpc) is 1.86. The summed E-state index contributed by atoms with van der Waals surface area (Å²) in [5.41, 5.74) is 0. The van der Waals surface area contributed by atoms with Gasteiger partial charge in [-0.3, -0.25) is 0 Å². The van der Waals surface area contributed by atoms with Gasteiger partial charge in [0.1, 0.15) is 0 Å². The Morgan fingerprint density at radius 2 is 1.38 bits per heavy atom. The monoisotopic (exact) mass is 158 g/mol. The van der Waals surface area contributed by atoms with Crippen LogP contribution in [-0.2, 0) is 0 Å². The van der Waals surface area contributed by atoms with E-state index in [1.807, 2.05) is 0 Å². The third-order valence-electron chi connectivity index (χ3n) is 1.32. The molecule has 1 aliphatic carbocycles. The van der Waals surface area contributed by atoms with Gasteiger partial charge in [-0.2, -0.15) is 0 Å². The van der Waals surface area contributed by atoms with Crippen LogP contribution in [0.2, 0.25) is 0 Å². The second kappa shape index (κ2) is 5.67. The van der Waals surface area contributed by atoms with Crippen molar-refractivity contribution in [3.63, 3.8) is 0 Å². The molecule has 0 bridgehead atoms. The Morgan fingerprint density at radius 3 is 1.50 bits per heavy atom. The van der Waals surface area contributed by atoms with E-state index >= 15 is 0 Å². The van der Waals surface area contributed by atoms with Crippen LogP contribution in [-0.4, -0.2) is 11.2 Å². The Labute approximate surface area is 62.3 Å². The predicted molar refractivity (Wildman–Crippen MR) is 39.0 cm³/mol. The van der Waals surface area contributed by atoms with Gasteiger partial charge in [0.2, 0.25) is 0 Å². The van der Waals surface area contributed by atoms with Crippen molar-refractivity contribution in [1.82, 2.24) is 0 Å². The van der Waals surface area contributed by atoms with Crippen LogP contribution in [0.5, 0.6) is 0 Å². The van der Waals surface area contributed by atoms with Gasteiger partial charge in [-0.05, 0) is 12.8 Å². The van der Waals surface area contributed by atoms with E-state index in [2.05, 4.69) is 0 Å². The lowest BCUT2D eigenvalue weighted by molar-refractivity contribution is 0.183. The third-order valence-corrected chi connectivity index (χ3v) is 1.32. The fraction of sp³-hybridized carbons (Fsp3) is 1.00. The second-order valence-corrected chi connectivity index (χ2v) is 1.94. The summed E-state index contributed by atoms with van der Waals surface area (Å²) >= 11 is 0. The quantitative estimate of drug-likeness (QED) is 0.571. The zero-order valence-corrected chi connectivity index (χ0v) is 6.30. The SMILES string of the molecule is Cl.Cl.OC1CCCC1. The van der Waals surface area contributed by atoms with Gasteiger partial charge in [0, 0.05) is 0 Å².